The maximum absolute atomic E-state index is 11.4. The van der Waals surface area contributed by atoms with Crippen LogP contribution in [0.4, 0.5) is 4.79 Å². The molecule has 2 atom stereocenters. The van der Waals surface area contributed by atoms with E-state index in [1.165, 1.54) is 11.8 Å². The zero-order valence-electron chi connectivity index (χ0n) is 13.3. The smallest absolute Gasteiger partial charge is 0.407 e. The first-order valence-electron chi connectivity index (χ1n) is 7.67. The monoisotopic (exact) mass is 374 g/mol. The summed E-state index contributed by atoms with van der Waals surface area (Å²) in [5, 5.41) is 12.9. The van der Waals surface area contributed by atoms with E-state index in [0.29, 0.717) is 42.7 Å². The van der Waals surface area contributed by atoms with Crippen LogP contribution < -0.4 is 5.32 Å². The van der Waals surface area contributed by atoms with E-state index in [9.17, 15) is 14.7 Å². The van der Waals surface area contributed by atoms with Crippen LogP contribution in [0.2, 0.25) is 10.0 Å². The van der Waals surface area contributed by atoms with Gasteiger partial charge >= 0.3 is 6.09 Å². The maximum Gasteiger partial charge on any atom is 0.407 e. The molecule has 1 heterocycles. The molecule has 1 aliphatic rings. The minimum atomic E-state index is -0.980. The molecule has 1 aliphatic heterocycles. The zero-order valence-corrected chi connectivity index (χ0v) is 14.8. The molecule has 0 radical (unpaired) electrons. The Morgan fingerprint density at radius 2 is 2.12 bits per heavy atom. The Balaban J connectivity index is 2.23. The zero-order chi connectivity index (χ0) is 17.7. The standard InChI is InChI=1S/C16H20Cl2N2O4/c1-10(21)19-5-4-15-12(9-20(16(22)23)6-7-24-15)11-2-3-13(17)14(18)8-11/h2-3,8,12,15H,4-7,9H2,1H3,(H,19,21)(H,22,23)/t12-,15-/m0/s1. The van der Waals surface area contributed by atoms with Gasteiger partial charge in [0.2, 0.25) is 5.91 Å². The van der Waals surface area contributed by atoms with Crippen molar-refractivity contribution < 1.29 is 19.4 Å². The van der Waals surface area contributed by atoms with Gasteiger partial charge in [-0.3, -0.25) is 4.79 Å². The lowest BCUT2D eigenvalue weighted by Gasteiger charge is -2.27. The Kier molecular flexibility index (Phi) is 6.71. The van der Waals surface area contributed by atoms with E-state index in [0.717, 1.165) is 5.56 Å². The molecule has 2 N–H and O–H groups in total. The number of carboxylic acid groups (broad SMARTS) is 1. The maximum atomic E-state index is 11.4. The fourth-order valence-electron chi connectivity index (χ4n) is 2.79. The van der Waals surface area contributed by atoms with Crippen molar-refractivity contribution in [2.24, 2.45) is 0 Å². The minimum absolute atomic E-state index is 0.109. The molecule has 0 bridgehead atoms. The van der Waals surface area contributed by atoms with Gasteiger partial charge in [0.15, 0.2) is 0 Å². The van der Waals surface area contributed by atoms with Crippen LogP contribution in [0.1, 0.15) is 24.8 Å². The van der Waals surface area contributed by atoms with Gasteiger partial charge < -0.3 is 20.1 Å². The topological polar surface area (TPSA) is 78.9 Å². The van der Waals surface area contributed by atoms with Crippen molar-refractivity contribution in [1.82, 2.24) is 10.2 Å². The van der Waals surface area contributed by atoms with Crippen molar-refractivity contribution in [2.75, 3.05) is 26.2 Å². The van der Waals surface area contributed by atoms with E-state index in [-0.39, 0.29) is 17.9 Å². The average Bonchev–Trinajstić information content (AvgIpc) is 2.72. The molecule has 6 nitrogen and oxygen atoms in total. The SMILES string of the molecule is CC(=O)NCC[C@@H]1OCCN(C(=O)O)C[C@H]1c1ccc(Cl)c(Cl)c1. The molecule has 0 aromatic heterocycles. The fourth-order valence-corrected chi connectivity index (χ4v) is 3.10. The largest absolute Gasteiger partial charge is 0.465 e. The third-order valence-corrected chi connectivity index (χ3v) is 4.74. The molecule has 2 amide bonds. The molecule has 132 valence electrons. The van der Waals surface area contributed by atoms with Gasteiger partial charge in [0.25, 0.3) is 0 Å². The van der Waals surface area contributed by atoms with E-state index < -0.39 is 6.09 Å². The molecule has 0 saturated carbocycles. The summed E-state index contributed by atoms with van der Waals surface area (Å²) in [4.78, 5) is 23.8. The van der Waals surface area contributed by atoms with Crippen LogP contribution in [-0.4, -0.2) is 54.4 Å². The highest BCUT2D eigenvalue weighted by Gasteiger charge is 2.31. The summed E-state index contributed by atoms with van der Waals surface area (Å²) >= 11 is 12.1. The Morgan fingerprint density at radius 1 is 1.38 bits per heavy atom. The summed E-state index contributed by atoms with van der Waals surface area (Å²) in [5.41, 5.74) is 0.866. The number of carbonyl (C=O) groups excluding carboxylic acids is 1. The second-order valence-electron chi connectivity index (χ2n) is 5.69. The molecule has 2 rings (SSSR count). The minimum Gasteiger partial charge on any atom is -0.465 e. The number of amides is 2. The van der Waals surface area contributed by atoms with Gasteiger partial charge in [-0.25, -0.2) is 4.79 Å². The summed E-state index contributed by atoms with van der Waals surface area (Å²) in [6.45, 7) is 2.85. The lowest BCUT2D eigenvalue weighted by molar-refractivity contribution is -0.119. The third-order valence-electron chi connectivity index (χ3n) is 4.00. The van der Waals surface area contributed by atoms with Gasteiger partial charge in [0.05, 0.1) is 22.8 Å². The first-order chi connectivity index (χ1) is 11.4. The first-order valence-corrected chi connectivity index (χ1v) is 8.43. The molecule has 0 aliphatic carbocycles. The van der Waals surface area contributed by atoms with Crippen LogP contribution in [-0.2, 0) is 9.53 Å². The van der Waals surface area contributed by atoms with Gasteiger partial charge in [0.1, 0.15) is 0 Å². The van der Waals surface area contributed by atoms with Crippen molar-refractivity contribution in [1.29, 1.82) is 0 Å². The molecule has 1 saturated heterocycles. The number of nitrogens with zero attached hydrogens (tertiary/aromatic N) is 1. The molecule has 1 aromatic carbocycles. The van der Waals surface area contributed by atoms with Crippen molar-refractivity contribution in [3.63, 3.8) is 0 Å². The van der Waals surface area contributed by atoms with Crippen molar-refractivity contribution >= 4 is 35.2 Å². The number of benzene rings is 1. The van der Waals surface area contributed by atoms with Gasteiger partial charge in [-0.1, -0.05) is 29.3 Å². The van der Waals surface area contributed by atoms with Gasteiger partial charge in [-0.2, -0.15) is 0 Å². The number of nitrogens with one attached hydrogen (secondary N) is 1. The number of hydrogen-bond donors (Lipinski definition) is 2. The van der Waals surface area contributed by atoms with Crippen LogP contribution >= 0.6 is 23.2 Å². The van der Waals surface area contributed by atoms with E-state index >= 15 is 0 Å². The number of rotatable bonds is 4. The highest BCUT2D eigenvalue weighted by Crippen LogP contribution is 2.32. The third kappa shape index (κ3) is 5.00. The van der Waals surface area contributed by atoms with E-state index in [1.807, 2.05) is 6.07 Å². The highest BCUT2D eigenvalue weighted by molar-refractivity contribution is 6.42. The molecule has 24 heavy (non-hydrogen) atoms. The van der Waals surface area contributed by atoms with Crippen LogP contribution in [0.15, 0.2) is 18.2 Å². The Hall–Kier alpha value is -1.50. The number of halogens is 2. The van der Waals surface area contributed by atoms with Crippen molar-refractivity contribution in [3.05, 3.63) is 33.8 Å². The van der Waals surface area contributed by atoms with Gasteiger partial charge in [0, 0.05) is 32.5 Å². The van der Waals surface area contributed by atoms with Crippen LogP contribution in [0.25, 0.3) is 0 Å². The van der Waals surface area contributed by atoms with E-state index in [1.54, 1.807) is 12.1 Å². The fraction of sp³-hybridized carbons (Fsp3) is 0.500. The Labute approximate surface area is 150 Å². The van der Waals surface area contributed by atoms with Gasteiger partial charge in [-0.15, -0.1) is 0 Å². The predicted molar refractivity (Wildman–Crippen MR) is 91.8 cm³/mol. The Bertz CT molecular complexity index is 612. The second-order valence-corrected chi connectivity index (χ2v) is 6.50. The number of carbonyl (C=O) groups is 2. The van der Waals surface area contributed by atoms with E-state index in [2.05, 4.69) is 5.32 Å². The first kappa shape index (κ1) is 18.8. The van der Waals surface area contributed by atoms with Crippen LogP contribution in [0.3, 0.4) is 0 Å². The molecule has 0 unspecified atom stereocenters. The molecule has 8 heteroatoms. The molecular weight excluding hydrogens is 355 g/mol. The Morgan fingerprint density at radius 3 is 2.75 bits per heavy atom. The quantitative estimate of drug-likeness (QED) is 0.848. The van der Waals surface area contributed by atoms with Gasteiger partial charge in [-0.05, 0) is 24.1 Å². The lowest BCUT2D eigenvalue weighted by Crippen LogP contribution is -2.36. The average molecular weight is 375 g/mol. The summed E-state index contributed by atoms with van der Waals surface area (Å²) in [6.07, 6.45) is -0.623. The van der Waals surface area contributed by atoms with Crippen molar-refractivity contribution in [3.8, 4) is 0 Å². The summed E-state index contributed by atoms with van der Waals surface area (Å²) in [7, 11) is 0. The summed E-state index contributed by atoms with van der Waals surface area (Å²) in [5.74, 6) is -0.297. The second kappa shape index (κ2) is 8.55. The normalized spacial score (nSPS) is 21.2. The number of hydrogen-bond acceptors (Lipinski definition) is 3. The van der Waals surface area contributed by atoms with Crippen molar-refractivity contribution in [2.45, 2.75) is 25.4 Å². The summed E-state index contributed by atoms with van der Waals surface area (Å²) in [6, 6.07) is 5.27. The van der Waals surface area contributed by atoms with Crippen LogP contribution in [0, 0.1) is 0 Å². The lowest BCUT2D eigenvalue weighted by atomic mass is 9.91. The highest BCUT2D eigenvalue weighted by atomic mass is 35.5. The molecule has 0 spiro atoms. The number of ether oxygens (including phenoxy) is 1. The summed E-state index contributed by atoms with van der Waals surface area (Å²) < 4.78 is 5.87. The molecular formula is C16H20Cl2N2O4. The van der Waals surface area contributed by atoms with Crippen LogP contribution in [0.5, 0.6) is 0 Å². The predicted octanol–water partition coefficient (Wildman–Crippen LogP) is 2.98. The molecule has 1 aromatic rings. The van der Waals surface area contributed by atoms with E-state index in [4.69, 9.17) is 27.9 Å². The molecule has 1 fully saturated rings.